The molecule has 0 aliphatic heterocycles. The predicted octanol–water partition coefficient (Wildman–Crippen LogP) is 10.7. The van der Waals surface area contributed by atoms with Gasteiger partial charge in [-0.05, 0) is 85.7 Å². The van der Waals surface area contributed by atoms with Gasteiger partial charge in [-0.15, -0.1) is 0 Å². The zero-order valence-corrected chi connectivity index (χ0v) is 24.4. The Hall–Kier alpha value is -4.10. The summed E-state index contributed by atoms with van der Waals surface area (Å²) >= 11 is 0. The normalized spacial score (nSPS) is 16.9. The van der Waals surface area contributed by atoms with Crippen LogP contribution < -0.4 is 4.90 Å². The van der Waals surface area contributed by atoms with Crippen molar-refractivity contribution in [1.29, 1.82) is 0 Å². The monoisotopic (exact) mass is 519 g/mol. The van der Waals surface area contributed by atoms with Crippen LogP contribution in [0.3, 0.4) is 0 Å². The fourth-order valence-electron chi connectivity index (χ4n) is 7.39. The number of nitrogens with zero attached hydrogens (tertiary/aromatic N) is 1. The first-order valence-corrected chi connectivity index (χ1v) is 14.5. The molecule has 40 heavy (non-hydrogen) atoms. The average molecular weight is 520 g/mol. The molecule has 7 rings (SSSR count). The molecule has 198 valence electrons. The molecule has 2 aliphatic carbocycles. The third-order valence-electron chi connectivity index (χ3n) is 10.2. The third kappa shape index (κ3) is 3.27. The standard InChI is InChI=1S/C39H37N/c1-37(2)32-20-12-10-17-28(32)30-19-14-22-35(36(30)37)40(26-15-8-7-9-16-26)27-23-24-34-31(25-27)29-18-11-13-21-33(29)38(3,4)39(34,5)6/h7-25H,1-6H3. The topological polar surface area (TPSA) is 3.24 Å². The van der Waals surface area contributed by atoms with Gasteiger partial charge in [0.2, 0.25) is 0 Å². The zero-order valence-electron chi connectivity index (χ0n) is 24.4. The van der Waals surface area contributed by atoms with Crippen molar-refractivity contribution in [3.63, 3.8) is 0 Å². The number of rotatable bonds is 3. The summed E-state index contributed by atoms with van der Waals surface area (Å²) < 4.78 is 0. The highest BCUT2D eigenvalue weighted by Crippen LogP contribution is 2.57. The van der Waals surface area contributed by atoms with Gasteiger partial charge in [-0.2, -0.15) is 0 Å². The van der Waals surface area contributed by atoms with Crippen LogP contribution in [0.15, 0.2) is 115 Å². The molecule has 1 nitrogen and oxygen atoms in total. The highest BCUT2D eigenvalue weighted by molar-refractivity contribution is 5.92. The molecule has 0 heterocycles. The van der Waals surface area contributed by atoms with Crippen molar-refractivity contribution in [2.75, 3.05) is 4.90 Å². The van der Waals surface area contributed by atoms with E-state index in [9.17, 15) is 0 Å². The lowest BCUT2D eigenvalue weighted by Crippen LogP contribution is -2.43. The Balaban J connectivity index is 1.50. The first-order valence-electron chi connectivity index (χ1n) is 14.5. The Morgan fingerprint density at radius 1 is 0.425 bits per heavy atom. The Morgan fingerprint density at radius 3 is 1.68 bits per heavy atom. The van der Waals surface area contributed by atoms with Crippen LogP contribution in [0.1, 0.15) is 63.8 Å². The highest BCUT2D eigenvalue weighted by Gasteiger charge is 2.46. The van der Waals surface area contributed by atoms with Crippen molar-refractivity contribution in [2.45, 2.75) is 57.8 Å². The molecule has 0 atom stereocenters. The van der Waals surface area contributed by atoms with Gasteiger partial charge in [0.15, 0.2) is 0 Å². The molecular formula is C39H37N. The molecule has 0 N–H and O–H groups in total. The smallest absolute Gasteiger partial charge is 0.0508 e. The summed E-state index contributed by atoms with van der Waals surface area (Å²) in [5.74, 6) is 0. The Bertz CT molecular complexity index is 1770. The van der Waals surface area contributed by atoms with Gasteiger partial charge in [0.1, 0.15) is 0 Å². The van der Waals surface area contributed by atoms with Gasteiger partial charge in [-0.25, -0.2) is 0 Å². The number of fused-ring (bicyclic) bond motifs is 6. The quantitative estimate of drug-likeness (QED) is 0.229. The van der Waals surface area contributed by atoms with E-state index < -0.39 is 0 Å². The van der Waals surface area contributed by atoms with Gasteiger partial charge in [0.05, 0.1) is 5.69 Å². The summed E-state index contributed by atoms with van der Waals surface area (Å²) in [6.07, 6.45) is 0. The molecule has 2 aliphatic rings. The third-order valence-corrected chi connectivity index (χ3v) is 10.2. The van der Waals surface area contributed by atoms with E-state index in [0.29, 0.717) is 0 Å². The summed E-state index contributed by atoms with van der Waals surface area (Å²) in [5, 5.41) is 0. The largest absolute Gasteiger partial charge is 0.310 e. The van der Waals surface area contributed by atoms with Crippen LogP contribution >= 0.6 is 0 Å². The number of hydrogen-bond donors (Lipinski definition) is 0. The molecular weight excluding hydrogens is 482 g/mol. The number of para-hydroxylation sites is 1. The first-order chi connectivity index (χ1) is 19.1. The zero-order chi connectivity index (χ0) is 27.9. The molecule has 0 radical (unpaired) electrons. The molecule has 0 aromatic heterocycles. The molecule has 5 aromatic carbocycles. The van der Waals surface area contributed by atoms with Gasteiger partial charge in [-0.3, -0.25) is 0 Å². The summed E-state index contributed by atoms with van der Waals surface area (Å²) in [6.45, 7) is 14.3. The van der Waals surface area contributed by atoms with Gasteiger partial charge in [0, 0.05) is 16.8 Å². The van der Waals surface area contributed by atoms with Gasteiger partial charge in [-0.1, -0.05) is 126 Å². The summed E-state index contributed by atoms with van der Waals surface area (Å²) in [5.41, 5.74) is 14.5. The number of benzene rings is 5. The van der Waals surface area contributed by atoms with Crippen LogP contribution in [-0.2, 0) is 16.2 Å². The molecule has 0 fully saturated rings. The van der Waals surface area contributed by atoms with Crippen molar-refractivity contribution in [1.82, 2.24) is 0 Å². The van der Waals surface area contributed by atoms with E-state index in [2.05, 4.69) is 162 Å². The minimum atomic E-state index is -0.109. The predicted molar refractivity (Wildman–Crippen MR) is 170 cm³/mol. The van der Waals surface area contributed by atoms with Crippen LogP contribution in [0.2, 0.25) is 0 Å². The lowest BCUT2D eigenvalue weighted by atomic mass is 9.55. The van der Waals surface area contributed by atoms with Crippen molar-refractivity contribution >= 4 is 17.1 Å². The van der Waals surface area contributed by atoms with Crippen molar-refractivity contribution in [2.24, 2.45) is 0 Å². The van der Waals surface area contributed by atoms with Gasteiger partial charge in [0.25, 0.3) is 0 Å². The maximum atomic E-state index is 2.47. The molecule has 0 saturated heterocycles. The SMILES string of the molecule is CC1(C)c2ccccc2-c2cccc(N(c3ccccc3)c3ccc4c(c3)-c3ccccc3C(C)(C)C4(C)C)c21. The first kappa shape index (κ1) is 24.9. The minimum absolute atomic E-state index is 0.00950. The van der Waals surface area contributed by atoms with E-state index in [1.54, 1.807) is 0 Å². The molecule has 0 unspecified atom stereocenters. The van der Waals surface area contributed by atoms with Crippen LogP contribution in [0.4, 0.5) is 17.1 Å². The second-order valence-corrected chi connectivity index (χ2v) is 13.1. The van der Waals surface area contributed by atoms with Crippen molar-refractivity contribution in [3.8, 4) is 22.3 Å². The average Bonchev–Trinajstić information content (AvgIpc) is 3.20. The van der Waals surface area contributed by atoms with E-state index in [1.807, 2.05) is 0 Å². The fraction of sp³-hybridized carbons (Fsp3) is 0.231. The molecule has 1 heteroatoms. The van der Waals surface area contributed by atoms with Crippen LogP contribution in [0.5, 0.6) is 0 Å². The summed E-state index contributed by atoms with van der Waals surface area (Å²) in [4.78, 5) is 2.47. The molecule has 5 aromatic rings. The Kier molecular flexibility index (Phi) is 5.26. The maximum absolute atomic E-state index is 2.47. The van der Waals surface area contributed by atoms with E-state index in [4.69, 9.17) is 0 Å². The maximum Gasteiger partial charge on any atom is 0.0508 e. The lowest BCUT2D eigenvalue weighted by Gasteiger charge is -2.48. The molecule has 0 bridgehead atoms. The summed E-state index contributed by atoms with van der Waals surface area (Å²) in [7, 11) is 0. The van der Waals surface area contributed by atoms with Gasteiger partial charge < -0.3 is 4.90 Å². The molecule has 0 saturated carbocycles. The molecule has 0 amide bonds. The van der Waals surface area contributed by atoms with Crippen LogP contribution in [0, 0.1) is 0 Å². The van der Waals surface area contributed by atoms with Crippen LogP contribution in [-0.4, -0.2) is 0 Å². The van der Waals surface area contributed by atoms with Crippen molar-refractivity contribution in [3.05, 3.63) is 138 Å². The number of hydrogen-bond acceptors (Lipinski definition) is 1. The Labute approximate surface area is 239 Å². The van der Waals surface area contributed by atoms with E-state index in [-0.39, 0.29) is 16.2 Å². The lowest BCUT2D eigenvalue weighted by molar-refractivity contribution is 0.299. The van der Waals surface area contributed by atoms with E-state index in [1.165, 1.54) is 61.6 Å². The Morgan fingerprint density at radius 2 is 0.975 bits per heavy atom. The second kappa shape index (κ2) is 8.45. The second-order valence-electron chi connectivity index (χ2n) is 13.1. The highest BCUT2D eigenvalue weighted by atomic mass is 15.1. The van der Waals surface area contributed by atoms with E-state index >= 15 is 0 Å². The molecule has 0 spiro atoms. The summed E-state index contributed by atoms with van der Waals surface area (Å²) in [6, 6.07) is 42.8. The number of anilines is 3. The fourth-order valence-corrected chi connectivity index (χ4v) is 7.39. The minimum Gasteiger partial charge on any atom is -0.310 e. The van der Waals surface area contributed by atoms with Crippen LogP contribution in [0.25, 0.3) is 22.3 Å². The van der Waals surface area contributed by atoms with E-state index in [0.717, 1.165) is 0 Å². The van der Waals surface area contributed by atoms with Gasteiger partial charge >= 0.3 is 0 Å². The van der Waals surface area contributed by atoms with Crippen molar-refractivity contribution < 1.29 is 0 Å².